The molecule has 1 aromatic heterocycles. The fraction of sp³-hybridized carbons (Fsp3) is 0.476. The first-order valence-corrected chi connectivity index (χ1v) is 9.67. The Kier molecular flexibility index (Phi) is 21.2. The van der Waals surface area contributed by atoms with E-state index in [0.29, 0.717) is 26.4 Å². The van der Waals surface area contributed by atoms with Crippen molar-refractivity contribution < 1.29 is 47.0 Å². The summed E-state index contributed by atoms with van der Waals surface area (Å²) in [5, 5.41) is 4.03. The topological polar surface area (TPSA) is 63.4 Å². The summed E-state index contributed by atoms with van der Waals surface area (Å²) in [5.41, 5.74) is 2.40. The Bertz CT molecular complexity index is 614. The third-order valence-corrected chi connectivity index (χ3v) is 3.77. The van der Waals surface area contributed by atoms with Gasteiger partial charge >= 0.3 is 0 Å². The van der Waals surface area contributed by atoms with Gasteiger partial charge in [-0.2, -0.15) is 19.0 Å². The van der Waals surface area contributed by atoms with Crippen LogP contribution in [0.3, 0.4) is 0 Å². The summed E-state index contributed by atoms with van der Waals surface area (Å²) >= 11 is 4.01. The number of unbranched alkanes of at least 4 members (excludes halogenated alkanes) is 1. The fourth-order valence-corrected chi connectivity index (χ4v) is 2.43. The van der Waals surface area contributed by atoms with Crippen LogP contribution in [0.1, 0.15) is 25.3 Å². The number of H-pyrrole nitrogens is 1. The maximum Gasteiger partial charge on any atom is 0.216 e. The van der Waals surface area contributed by atoms with Crippen molar-refractivity contribution >= 4 is 29.4 Å². The van der Waals surface area contributed by atoms with Crippen molar-refractivity contribution in [2.24, 2.45) is 0 Å². The van der Waals surface area contributed by atoms with Gasteiger partial charge in [0.25, 0.3) is 0 Å². The number of aromatic nitrogens is 1. The molecule has 28 heavy (non-hydrogen) atoms. The molecule has 0 bridgehead atoms. The van der Waals surface area contributed by atoms with Crippen LogP contribution in [-0.2, 0) is 53.4 Å². The number of para-hydroxylation sites is 1. The minimum atomic E-state index is 0. The van der Waals surface area contributed by atoms with Crippen LogP contribution in [0.25, 0.3) is 10.9 Å². The predicted octanol–water partition coefficient (Wildman–Crippen LogP) is 3.86. The van der Waals surface area contributed by atoms with Gasteiger partial charge in [0.05, 0.1) is 19.8 Å². The zero-order valence-corrected chi connectivity index (χ0v) is 20.9. The second kappa shape index (κ2) is 19.9. The summed E-state index contributed by atoms with van der Waals surface area (Å²) in [6, 6.07) is 8.18. The van der Waals surface area contributed by atoms with Gasteiger partial charge in [0.2, 0.25) is 5.91 Å². The quantitative estimate of drug-likeness (QED) is 0.259. The summed E-state index contributed by atoms with van der Waals surface area (Å²) < 4.78 is 10.4. The summed E-state index contributed by atoms with van der Waals surface area (Å²) in [6.45, 7) is 8.82. The van der Waals surface area contributed by atoms with Crippen molar-refractivity contribution in [1.29, 1.82) is 0 Å². The first-order chi connectivity index (χ1) is 12.7. The van der Waals surface area contributed by atoms with Crippen LogP contribution in [0.2, 0.25) is 0 Å². The van der Waals surface area contributed by atoms with Crippen LogP contribution in [-0.4, -0.2) is 49.6 Å². The standard InChI is InChI=1S/C12H14N2O.C8H17O2S.CH3.Y/c1-9(15)13-7-6-10-8-14-12-5-3-2-4-11(10)12;1-2-3-4-9-5-6-10-7-8-11;;/h2-5,8,14H,6-7H2,1H3,(H,13,15);11H,1-8H2;1H3;/q;2*-1;. The van der Waals surface area contributed by atoms with Crippen LogP contribution in [0, 0.1) is 14.4 Å². The molecular formula is C21H34N2O3SY-2. The summed E-state index contributed by atoms with van der Waals surface area (Å²) in [6.07, 6.45) is 4.85. The average Bonchev–Trinajstić information content (AvgIpc) is 3.05. The van der Waals surface area contributed by atoms with E-state index >= 15 is 0 Å². The molecule has 1 heterocycles. The van der Waals surface area contributed by atoms with E-state index in [1.807, 2.05) is 18.3 Å². The van der Waals surface area contributed by atoms with Gasteiger partial charge in [0.1, 0.15) is 0 Å². The van der Waals surface area contributed by atoms with Crippen molar-refractivity contribution in [3.05, 3.63) is 50.4 Å². The van der Waals surface area contributed by atoms with Gasteiger partial charge < -0.3 is 34.1 Å². The van der Waals surface area contributed by atoms with E-state index < -0.39 is 0 Å². The number of amides is 1. The van der Waals surface area contributed by atoms with Crippen molar-refractivity contribution in [3.63, 3.8) is 0 Å². The third-order valence-electron chi connectivity index (χ3n) is 3.59. The molecule has 0 fully saturated rings. The number of carbonyl (C=O) groups excluding carboxylic acids is 1. The van der Waals surface area contributed by atoms with Gasteiger partial charge in [0, 0.05) is 75.6 Å². The minimum absolute atomic E-state index is 0. The Morgan fingerprint density at radius 3 is 2.50 bits per heavy atom. The minimum Gasteiger partial charge on any atom is -0.379 e. The molecule has 0 spiro atoms. The first kappa shape index (κ1) is 29.8. The van der Waals surface area contributed by atoms with E-state index in [-0.39, 0.29) is 46.0 Å². The van der Waals surface area contributed by atoms with E-state index in [1.54, 1.807) is 0 Å². The number of carbonyl (C=O) groups is 1. The molecule has 5 nitrogen and oxygen atoms in total. The molecule has 0 atom stereocenters. The number of ether oxygens (including phenoxy) is 2. The average molecular weight is 483 g/mol. The van der Waals surface area contributed by atoms with E-state index in [4.69, 9.17) is 9.47 Å². The van der Waals surface area contributed by atoms with Gasteiger partial charge in [0.15, 0.2) is 0 Å². The monoisotopic (exact) mass is 483 g/mol. The number of fused-ring (bicyclic) bond motifs is 1. The molecule has 0 aliphatic rings. The number of rotatable bonds is 11. The van der Waals surface area contributed by atoms with Crippen LogP contribution >= 0.6 is 12.6 Å². The molecule has 7 heteroatoms. The largest absolute Gasteiger partial charge is 0.379 e. The molecule has 0 saturated heterocycles. The van der Waals surface area contributed by atoms with Crippen molar-refractivity contribution in [2.45, 2.75) is 26.2 Å². The number of benzene rings is 1. The number of hydrogen-bond donors (Lipinski definition) is 3. The van der Waals surface area contributed by atoms with E-state index in [1.165, 1.54) is 17.9 Å². The van der Waals surface area contributed by atoms with E-state index in [9.17, 15) is 4.79 Å². The normalized spacial score (nSPS) is 9.68. The van der Waals surface area contributed by atoms with Crippen LogP contribution < -0.4 is 5.32 Å². The van der Waals surface area contributed by atoms with Crippen LogP contribution in [0.4, 0.5) is 0 Å². The molecule has 2 rings (SSSR count). The molecule has 2 aromatic rings. The molecule has 157 valence electrons. The number of thiol groups is 1. The van der Waals surface area contributed by atoms with Crippen molar-refractivity contribution in [3.8, 4) is 0 Å². The molecule has 1 radical (unpaired) electrons. The second-order valence-electron chi connectivity index (χ2n) is 5.75. The number of nitrogens with one attached hydrogen (secondary N) is 2. The Morgan fingerprint density at radius 1 is 1.18 bits per heavy atom. The van der Waals surface area contributed by atoms with Crippen molar-refractivity contribution in [1.82, 2.24) is 10.3 Å². The van der Waals surface area contributed by atoms with E-state index in [0.717, 1.165) is 37.1 Å². The third kappa shape index (κ3) is 13.7. The number of hydrogen-bond acceptors (Lipinski definition) is 4. The molecular weight excluding hydrogens is 449 g/mol. The summed E-state index contributed by atoms with van der Waals surface area (Å²) in [5.74, 6) is 0.800. The maximum absolute atomic E-state index is 10.7. The Morgan fingerprint density at radius 2 is 1.86 bits per heavy atom. The van der Waals surface area contributed by atoms with Gasteiger partial charge in [-0.15, -0.1) is 0 Å². The molecule has 2 N–H and O–H groups in total. The first-order valence-electron chi connectivity index (χ1n) is 9.04. The zero-order chi connectivity index (χ0) is 19.0. The van der Waals surface area contributed by atoms with Crippen LogP contribution in [0.5, 0.6) is 0 Å². The predicted molar refractivity (Wildman–Crippen MR) is 117 cm³/mol. The van der Waals surface area contributed by atoms with Gasteiger partial charge in [-0.3, -0.25) is 4.79 Å². The Hall–Kier alpha value is -0.396. The molecule has 0 aliphatic heterocycles. The SMILES string of the molecule is CC(=O)NCCc1c[nH]c2ccccc12.[CH2-]CCCOCCOCCS.[CH3-].[Y]. The fourth-order valence-electron chi connectivity index (χ4n) is 2.30. The molecule has 1 aromatic carbocycles. The molecule has 0 saturated carbocycles. The Balaban J connectivity index is 0. The second-order valence-corrected chi connectivity index (χ2v) is 6.20. The Labute approximate surface area is 201 Å². The zero-order valence-electron chi connectivity index (χ0n) is 17.2. The smallest absolute Gasteiger partial charge is 0.216 e. The maximum atomic E-state index is 10.7. The van der Waals surface area contributed by atoms with Gasteiger partial charge in [-0.25, -0.2) is 0 Å². The molecule has 1 amide bonds. The molecule has 0 unspecified atom stereocenters. The van der Waals surface area contributed by atoms with Gasteiger partial charge in [-0.05, 0) is 18.1 Å². The van der Waals surface area contributed by atoms with Crippen molar-refractivity contribution in [2.75, 3.05) is 38.7 Å². The summed E-state index contributed by atoms with van der Waals surface area (Å²) in [7, 11) is 0. The van der Waals surface area contributed by atoms with E-state index in [2.05, 4.69) is 42.0 Å². The molecule has 0 aliphatic carbocycles. The van der Waals surface area contributed by atoms with Gasteiger partial charge in [-0.1, -0.05) is 24.6 Å². The number of aromatic amines is 1. The van der Waals surface area contributed by atoms with Crippen LogP contribution in [0.15, 0.2) is 30.5 Å². The summed E-state index contributed by atoms with van der Waals surface area (Å²) in [4.78, 5) is 13.9.